The van der Waals surface area contributed by atoms with E-state index in [4.69, 9.17) is 0 Å². The van der Waals surface area contributed by atoms with E-state index < -0.39 is 0 Å². The number of carbonyl (C=O) groups is 2. The predicted octanol–water partition coefficient (Wildman–Crippen LogP) is 3.47. The van der Waals surface area contributed by atoms with Crippen molar-refractivity contribution in [2.45, 2.75) is 19.9 Å². The van der Waals surface area contributed by atoms with Crippen molar-refractivity contribution in [2.75, 3.05) is 0 Å². The molecule has 0 fully saturated rings. The van der Waals surface area contributed by atoms with E-state index >= 15 is 0 Å². The predicted molar refractivity (Wildman–Crippen MR) is 109 cm³/mol. The lowest BCUT2D eigenvalue weighted by Gasteiger charge is -2.06. The third kappa shape index (κ3) is 3.89. The summed E-state index contributed by atoms with van der Waals surface area (Å²) in [6.45, 7) is 2.24. The molecule has 7 nitrogen and oxygen atoms in total. The Morgan fingerprint density at radius 2 is 1.90 bits per heavy atom. The fourth-order valence-corrected chi connectivity index (χ4v) is 3.01. The van der Waals surface area contributed by atoms with Gasteiger partial charge in [-0.1, -0.05) is 25.1 Å². The minimum Gasteiger partial charge on any atom is -0.348 e. The van der Waals surface area contributed by atoms with Gasteiger partial charge in [-0.05, 0) is 29.8 Å². The summed E-state index contributed by atoms with van der Waals surface area (Å²) >= 11 is 0. The Hall–Kier alpha value is -3.87. The maximum Gasteiger partial charge on any atom is 0.251 e. The second-order valence-corrected chi connectivity index (χ2v) is 6.52. The Morgan fingerprint density at radius 1 is 1.07 bits per heavy atom. The molecule has 1 aromatic carbocycles. The number of nitrogens with one attached hydrogen (secondary N) is 1. The van der Waals surface area contributed by atoms with Crippen molar-refractivity contribution in [2.24, 2.45) is 0 Å². The third-order valence-corrected chi connectivity index (χ3v) is 4.59. The van der Waals surface area contributed by atoms with Crippen LogP contribution in [0.5, 0.6) is 0 Å². The smallest absolute Gasteiger partial charge is 0.251 e. The van der Waals surface area contributed by atoms with Crippen LogP contribution >= 0.6 is 0 Å². The normalized spacial score (nSPS) is 10.8. The van der Waals surface area contributed by atoms with Crippen molar-refractivity contribution in [3.63, 3.8) is 0 Å². The first-order valence-electron chi connectivity index (χ1n) is 9.30. The number of hydrogen-bond acceptors (Lipinski definition) is 5. The number of hydrogen-bond donors (Lipinski definition) is 1. The fourth-order valence-electron chi connectivity index (χ4n) is 3.01. The van der Waals surface area contributed by atoms with Gasteiger partial charge in [0.2, 0.25) is 5.91 Å². The van der Waals surface area contributed by atoms with Crippen LogP contribution in [-0.2, 0) is 6.54 Å². The van der Waals surface area contributed by atoms with Crippen LogP contribution in [0.15, 0.2) is 67.3 Å². The number of carbonyl (C=O) groups excluding carboxylic acids is 2. The Kier molecular flexibility index (Phi) is 5.11. The van der Waals surface area contributed by atoms with E-state index in [1.165, 1.54) is 0 Å². The zero-order chi connectivity index (χ0) is 20.2. The molecule has 7 heteroatoms. The Morgan fingerprint density at radius 3 is 2.62 bits per heavy atom. The van der Waals surface area contributed by atoms with Crippen LogP contribution in [0.25, 0.3) is 22.4 Å². The second-order valence-electron chi connectivity index (χ2n) is 6.52. The molecule has 0 unspecified atom stereocenters. The van der Waals surface area contributed by atoms with Crippen LogP contribution in [-0.4, -0.2) is 31.3 Å². The molecule has 0 atom stereocenters. The summed E-state index contributed by atoms with van der Waals surface area (Å²) < 4.78 is 1.56. The lowest BCUT2D eigenvalue weighted by molar-refractivity contribution is 0.0912. The van der Waals surface area contributed by atoms with Gasteiger partial charge in [-0.3, -0.25) is 19.1 Å². The van der Waals surface area contributed by atoms with Gasteiger partial charge in [0, 0.05) is 42.7 Å². The second kappa shape index (κ2) is 8.02. The minimum atomic E-state index is -0.160. The molecule has 0 aliphatic carbocycles. The molecule has 0 saturated carbocycles. The molecule has 1 amide bonds. The van der Waals surface area contributed by atoms with Gasteiger partial charge in [0.25, 0.3) is 5.91 Å². The largest absolute Gasteiger partial charge is 0.348 e. The summed E-state index contributed by atoms with van der Waals surface area (Å²) in [4.78, 5) is 37.3. The molecule has 4 rings (SSSR count). The molecule has 0 saturated heterocycles. The highest BCUT2D eigenvalue weighted by atomic mass is 16.2. The monoisotopic (exact) mass is 385 g/mol. The maximum absolute atomic E-state index is 12.3. The average molecular weight is 385 g/mol. The summed E-state index contributed by atoms with van der Waals surface area (Å²) in [7, 11) is 0. The minimum absolute atomic E-state index is 0.00185. The van der Waals surface area contributed by atoms with Gasteiger partial charge >= 0.3 is 0 Å². The summed E-state index contributed by atoms with van der Waals surface area (Å²) in [6, 6.07) is 12.7. The molecule has 1 N–H and O–H groups in total. The molecule has 0 bridgehead atoms. The topological polar surface area (TPSA) is 89.8 Å². The maximum atomic E-state index is 12.3. The number of rotatable bonds is 5. The van der Waals surface area contributed by atoms with Crippen LogP contribution in [0.4, 0.5) is 0 Å². The molecule has 3 heterocycles. The first-order valence-corrected chi connectivity index (χ1v) is 9.30. The van der Waals surface area contributed by atoms with Crippen molar-refractivity contribution in [3.8, 4) is 11.4 Å². The third-order valence-electron chi connectivity index (χ3n) is 4.59. The summed E-state index contributed by atoms with van der Waals surface area (Å²) in [6.07, 6.45) is 7.19. The molecule has 0 aliphatic rings. The lowest BCUT2D eigenvalue weighted by Crippen LogP contribution is -2.22. The van der Waals surface area contributed by atoms with E-state index in [0.29, 0.717) is 35.4 Å². The zero-order valence-electron chi connectivity index (χ0n) is 15.9. The average Bonchev–Trinajstić information content (AvgIpc) is 3.21. The first kappa shape index (κ1) is 18.5. The van der Waals surface area contributed by atoms with E-state index in [-0.39, 0.29) is 11.8 Å². The van der Waals surface area contributed by atoms with Gasteiger partial charge in [0.15, 0.2) is 5.82 Å². The number of benzene rings is 1. The van der Waals surface area contributed by atoms with Gasteiger partial charge in [-0.25, -0.2) is 9.97 Å². The molecule has 0 spiro atoms. The van der Waals surface area contributed by atoms with Crippen LogP contribution in [0, 0.1) is 0 Å². The Bertz CT molecular complexity index is 1170. The van der Waals surface area contributed by atoms with Gasteiger partial charge in [0.05, 0.1) is 17.2 Å². The number of nitrogens with zero attached hydrogens (tertiary/aromatic N) is 4. The number of aromatic nitrogens is 4. The Balaban J connectivity index is 1.50. The van der Waals surface area contributed by atoms with Crippen molar-refractivity contribution in [1.82, 2.24) is 24.8 Å². The molecule has 4 aromatic rings. The molecule has 0 radical (unpaired) electrons. The van der Waals surface area contributed by atoms with E-state index in [2.05, 4.69) is 20.3 Å². The highest BCUT2D eigenvalue weighted by molar-refractivity contribution is 5.94. The summed E-state index contributed by atoms with van der Waals surface area (Å²) in [5, 5.41) is 2.87. The van der Waals surface area contributed by atoms with Crippen LogP contribution in [0.2, 0.25) is 0 Å². The highest BCUT2D eigenvalue weighted by Crippen LogP contribution is 2.20. The van der Waals surface area contributed by atoms with Crippen molar-refractivity contribution in [3.05, 3.63) is 78.4 Å². The summed E-state index contributed by atoms with van der Waals surface area (Å²) in [5.41, 5.74) is 3.68. The van der Waals surface area contributed by atoms with Gasteiger partial charge in [-0.2, -0.15) is 0 Å². The van der Waals surface area contributed by atoms with Gasteiger partial charge in [0.1, 0.15) is 0 Å². The molecular formula is C22H19N5O2. The van der Waals surface area contributed by atoms with Crippen molar-refractivity contribution in [1.29, 1.82) is 0 Å². The Labute approximate surface area is 167 Å². The lowest BCUT2D eigenvalue weighted by atomic mass is 10.1. The van der Waals surface area contributed by atoms with Crippen LogP contribution in [0.3, 0.4) is 0 Å². The van der Waals surface area contributed by atoms with Gasteiger partial charge < -0.3 is 5.32 Å². The van der Waals surface area contributed by atoms with E-state index in [1.54, 1.807) is 47.6 Å². The highest BCUT2D eigenvalue weighted by Gasteiger charge is 2.11. The van der Waals surface area contributed by atoms with Crippen LogP contribution in [0.1, 0.15) is 34.1 Å². The standard InChI is InChI=1S/C22H19N5O2/c1-2-20(28)27-11-9-18-19(27)14-24-21(26-18)16-5-7-17(8-6-16)22(29)25-13-15-4-3-10-23-12-15/h3-12,14H,2,13H2,1H3,(H,25,29). The number of pyridine rings is 1. The number of amides is 1. The van der Waals surface area contributed by atoms with Crippen molar-refractivity contribution < 1.29 is 9.59 Å². The molecular weight excluding hydrogens is 366 g/mol. The van der Waals surface area contributed by atoms with Crippen molar-refractivity contribution >= 4 is 22.8 Å². The van der Waals surface area contributed by atoms with Gasteiger partial charge in [-0.15, -0.1) is 0 Å². The quantitative estimate of drug-likeness (QED) is 0.568. The summed E-state index contributed by atoms with van der Waals surface area (Å²) in [5.74, 6) is 0.381. The zero-order valence-corrected chi connectivity index (χ0v) is 15.9. The molecule has 3 aromatic heterocycles. The number of fused-ring (bicyclic) bond motifs is 1. The molecule has 0 aliphatic heterocycles. The van der Waals surface area contributed by atoms with E-state index in [9.17, 15) is 9.59 Å². The SMILES string of the molecule is CCC(=O)n1ccc2nc(-c3ccc(C(=O)NCc4cccnc4)cc3)ncc21. The molecule has 144 valence electrons. The van der Waals surface area contributed by atoms with Crippen LogP contribution < -0.4 is 5.32 Å². The fraction of sp³-hybridized carbons (Fsp3) is 0.136. The van der Waals surface area contributed by atoms with E-state index in [0.717, 1.165) is 11.1 Å². The van der Waals surface area contributed by atoms with E-state index in [1.807, 2.05) is 31.2 Å². The first-order chi connectivity index (χ1) is 14.2. The molecule has 29 heavy (non-hydrogen) atoms.